The van der Waals surface area contributed by atoms with Gasteiger partial charge in [-0.2, -0.15) is 0 Å². The van der Waals surface area contributed by atoms with Gasteiger partial charge >= 0.3 is 12.0 Å². The molecular formula is C12H20N2O6. The van der Waals surface area contributed by atoms with Crippen molar-refractivity contribution in [1.29, 1.82) is 0 Å². The van der Waals surface area contributed by atoms with Gasteiger partial charge in [0.1, 0.15) is 6.04 Å². The molecule has 0 aromatic carbocycles. The molecule has 2 amide bonds. The van der Waals surface area contributed by atoms with Gasteiger partial charge in [-0.05, 0) is 6.92 Å². The van der Waals surface area contributed by atoms with E-state index in [9.17, 15) is 14.7 Å². The molecule has 3 N–H and O–H groups in total. The first kappa shape index (κ1) is 15.0. The molecule has 8 heteroatoms. The summed E-state index contributed by atoms with van der Waals surface area (Å²) in [5.41, 5.74) is 0. The van der Waals surface area contributed by atoms with Crippen molar-refractivity contribution in [2.75, 3.05) is 26.2 Å². The molecule has 2 rings (SSSR count). The molecule has 0 saturated carbocycles. The number of carbonyl (C=O) groups excluding carboxylic acids is 1. The topological polar surface area (TPSA) is 111 Å². The Morgan fingerprint density at radius 2 is 2.00 bits per heavy atom. The van der Waals surface area contributed by atoms with E-state index >= 15 is 0 Å². The molecule has 0 spiro atoms. The van der Waals surface area contributed by atoms with Gasteiger partial charge in [0, 0.05) is 19.5 Å². The van der Waals surface area contributed by atoms with Crippen molar-refractivity contribution in [2.45, 2.75) is 37.7 Å². The van der Waals surface area contributed by atoms with Crippen LogP contribution in [0.15, 0.2) is 0 Å². The smallest absolute Gasteiger partial charge is 0.326 e. The van der Waals surface area contributed by atoms with Gasteiger partial charge in [-0.1, -0.05) is 0 Å². The lowest BCUT2D eigenvalue weighted by atomic mass is 10.2. The molecule has 114 valence electrons. The molecule has 8 nitrogen and oxygen atoms in total. The summed E-state index contributed by atoms with van der Waals surface area (Å²) in [5, 5.41) is 27.8. The number of nitrogens with zero attached hydrogens (tertiary/aromatic N) is 2. The first-order valence-corrected chi connectivity index (χ1v) is 6.65. The molecule has 20 heavy (non-hydrogen) atoms. The van der Waals surface area contributed by atoms with Crippen LogP contribution in [0.5, 0.6) is 0 Å². The Morgan fingerprint density at radius 1 is 1.30 bits per heavy atom. The van der Waals surface area contributed by atoms with Crippen molar-refractivity contribution >= 4 is 12.0 Å². The van der Waals surface area contributed by atoms with E-state index in [-0.39, 0.29) is 32.2 Å². The molecule has 4 atom stereocenters. The number of carbonyl (C=O) groups is 2. The fraction of sp³-hybridized carbons (Fsp3) is 0.833. The number of aliphatic carboxylic acids is 1. The monoisotopic (exact) mass is 288 g/mol. The van der Waals surface area contributed by atoms with Crippen LogP contribution in [0.2, 0.25) is 0 Å². The number of carboxylic acid groups (broad SMARTS) is 1. The van der Waals surface area contributed by atoms with Gasteiger partial charge in [-0.3, -0.25) is 0 Å². The summed E-state index contributed by atoms with van der Waals surface area (Å²) in [6, 6.07) is -1.43. The Balaban J connectivity index is 2.07. The van der Waals surface area contributed by atoms with Crippen LogP contribution >= 0.6 is 0 Å². The maximum atomic E-state index is 12.4. The molecular weight excluding hydrogens is 268 g/mol. The zero-order valence-electron chi connectivity index (χ0n) is 11.3. The fourth-order valence-electron chi connectivity index (χ4n) is 2.74. The van der Waals surface area contributed by atoms with E-state index in [1.165, 1.54) is 9.80 Å². The zero-order chi connectivity index (χ0) is 14.9. The van der Waals surface area contributed by atoms with E-state index < -0.39 is 30.3 Å². The minimum atomic E-state index is -1.12. The van der Waals surface area contributed by atoms with Crippen molar-refractivity contribution < 1.29 is 29.6 Å². The number of carboxylic acids is 1. The Hall–Kier alpha value is -1.38. The number of hydrogen-bond acceptors (Lipinski definition) is 5. The van der Waals surface area contributed by atoms with Crippen molar-refractivity contribution in [2.24, 2.45) is 0 Å². The average molecular weight is 288 g/mol. The summed E-state index contributed by atoms with van der Waals surface area (Å²) in [5.74, 6) is -1.12. The first-order chi connectivity index (χ1) is 9.42. The Morgan fingerprint density at radius 3 is 2.60 bits per heavy atom. The highest BCUT2D eigenvalue weighted by Crippen LogP contribution is 2.22. The fourth-order valence-corrected chi connectivity index (χ4v) is 2.74. The third-order valence-corrected chi connectivity index (χ3v) is 3.61. The molecule has 2 aliphatic heterocycles. The van der Waals surface area contributed by atoms with Gasteiger partial charge in [-0.15, -0.1) is 0 Å². The van der Waals surface area contributed by atoms with Gasteiger partial charge < -0.3 is 29.9 Å². The Kier molecular flexibility index (Phi) is 4.46. The highest BCUT2D eigenvalue weighted by Gasteiger charge is 2.42. The number of aliphatic hydroxyl groups excluding tert-OH is 2. The van der Waals surface area contributed by atoms with Gasteiger partial charge in [-0.25, -0.2) is 9.59 Å². The highest BCUT2D eigenvalue weighted by molar-refractivity contribution is 5.83. The number of amides is 2. The molecule has 0 radical (unpaired) electrons. The number of β-amino-alcohol motifs (C(OH)–C–C–N with tert-alkyl or cyclic N) is 1. The maximum Gasteiger partial charge on any atom is 0.326 e. The van der Waals surface area contributed by atoms with Crippen LogP contribution < -0.4 is 0 Å². The molecule has 2 saturated heterocycles. The maximum absolute atomic E-state index is 12.4. The standard InChI is InChI=1S/C12H20N2O6/c1-7-3-13(5-9(6-15)20-7)12(19)14-4-8(16)2-10(14)11(17)18/h7-10,15-16H,2-6H2,1H3,(H,17,18)/t7?,8-,9?,10+/m1/s1. The van der Waals surface area contributed by atoms with E-state index in [2.05, 4.69) is 0 Å². The lowest BCUT2D eigenvalue weighted by Gasteiger charge is -2.38. The number of ether oxygens (including phenoxy) is 1. The van der Waals surface area contributed by atoms with Crippen molar-refractivity contribution in [3.63, 3.8) is 0 Å². The van der Waals surface area contributed by atoms with Crippen LogP contribution in [0.4, 0.5) is 4.79 Å². The molecule has 0 aliphatic carbocycles. The Bertz CT molecular complexity index is 390. The van der Waals surface area contributed by atoms with Crippen LogP contribution in [0.25, 0.3) is 0 Å². The number of rotatable bonds is 2. The second-order valence-corrected chi connectivity index (χ2v) is 5.33. The van der Waals surface area contributed by atoms with Crippen LogP contribution in [-0.2, 0) is 9.53 Å². The average Bonchev–Trinajstić information content (AvgIpc) is 2.79. The highest BCUT2D eigenvalue weighted by atomic mass is 16.5. The number of aliphatic hydroxyl groups is 2. The van der Waals surface area contributed by atoms with Gasteiger partial charge in [0.25, 0.3) is 0 Å². The van der Waals surface area contributed by atoms with Crippen LogP contribution in [0.3, 0.4) is 0 Å². The van der Waals surface area contributed by atoms with Crippen LogP contribution in [-0.4, -0.2) is 87.7 Å². The predicted octanol–water partition coefficient (Wildman–Crippen LogP) is -1.29. The summed E-state index contributed by atoms with van der Waals surface area (Å²) in [6.07, 6.45) is -1.45. The summed E-state index contributed by atoms with van der Waals surface area (Å²) in [6.45, 7) is 2.17. The lowest BCUT2D eigenvalue weighted by molar-refractivity contribution is -0.141. The van der Waals surface area contributed by atoms with E-state index in [1.54, 1.807) is 6.92 Å². The van der Waals surface area contributed by atoms with Crippen LogP contribution in [0, 0.1) is 0 Å². The summed E-state index contributed by atoms with van der Waals surface area (Å²) < 4.78 is 5.45. The number of urea groups is 1. The molecule has 0 aromatic heterocycles. The molecule has 2 unspecified atom stereocenters. The summed E-state index contributed by atoms with van der Waals surface area (Å²) >= 11 is 0. The van der Waals surface area contributed by atoms with E-state index in [1.807, 2.05) is 0 Å². The Labute approximate surface area is 116 Å². The van der Waals surface area contributed by atoms with Crippen molar-refractivity contribution in [1.82, 2.24) is 9.80 Å². The van der Waals surface area contributed by atoms with Crippen molar-refractivity contribution in [3.05, 3.63) is 0 Å². The first-order valence-electron chi connectivity index (χ1n) is 6.65. The number of morpholine rings is 1. The summed E-state index contributed by atoms with van der Waals surface area (Å²) in [7, 11) is 0. The number of likely N-dealkylation sites (tertiary alicyclic amines) is 1. The quantitative estimate of drug-likeness (QED) is 0.583. The molecule has 2 aliphatic rings. The molecule has 0 aromatic rings. The SMILES string of the molecule is CC1CN(C(=O)N2C[C@H](O)C[C@H]2C(=O)O)CC(CO)O1. The van der Waals surface area contributed by atoms with Gasteiger partial charge in [0.05, 0.1) is 31.5 Å². The minimum Gasteiger partial charge on any atom is -0.480 e. The number of hydrogen-bond donors (Lipinski definition) is 3. The normalized spacial score (nSPS) is 34.4. The largest absolute Gasteiger partial charge is 0.480 e. The van der Waals surface area contributed by atoms with Crippen LogP contribution in [0.1, 0.15) is 13.3 Å². The van der Waals surface area contributed by atoms with E-state index in [0.717, 1.165) is 0 Å². The zero-order valence-corrected chi connectivity index (χ0v) is 11.3. The molecule has 0 bridgehead atoms. The third kappa shape index (κ3) is 3.02. The molecule has 2 heterocycles. The van der Waals surface area contributed by atoms with Gasteiger partial charge in [0.15, 0.2) is 0 Å². The minimum absolute atomic E-state index is 0.0192. The van der Waals surface area contributed by atoms with E-state index in [4.69, 9.17) is 14.9 Å². The second kappa shape index (κ2) is 5.94. The third-order valence-electron chi connectivity index (χ3n) is 3.61. The van der Waals surface area contributed by atoms with E-state index in [0.29, 0.717) is 6.54 Å². The van der Waals surface area contributed by atoms with Crippen molar-refractivity contribution in [3.8, 4) is 0 Å². The lowest BCUT2D eigenvalue weighted by Crippen LogP contribution is -2.56. The second-order valence-electron chi connectivity index (χ2n) is 5.33. The summed E-state index contributed by atoms with van der Waals surface area (Å²) in [4.78, 5) is 26.2. The predicted molar refractivity (Wildman–Crippen MR) is 67.1 cm³/mol. The molecule has 2 fully saturated rings. The van der Waals surface area contributed by atoms with Gasteiger partial charge in [0.2, 0.25) is 0 Å².